The van der Waals surface area contributed by atoms with Crippen LogP contribution in [0.4, 0.5) is 14.9 Å². The van der Waals surface area contributed by atoms with E-state index in [1.54, 1.807) is 18.1 Å². The molecule has 3 aromatic carbocycles. The fourth-order valence-corrected chi connectivity index (χ4v) is 4.14. The van der Waals surface area contributed by atoms with Crippen molar-refractivity contribution in [1.82, 2.24) is 0 Å². The van der Waals surface area contributed by atoms with Crippen molar-refractivity contribution in [3.8, 4) is 5.75 Å². The molecule has 0 radical (unpaired) electrons. The predicted octanol–water partition coefficient (Wildman–Crippen LogP) is 6.43. The lowest BCUT2D eigenvalue weighted by atomic mass is 9.91. The Morgan fingerprint density at radius 2 is 1.87 bits per heavy atom. The Morgan fingerprint density at radius 1 is 1.13 bits per heavy atom. The SMILES string of the molecule is COc1ccc(C2CCc3cc(Br)c(F)cc3N2C(=O)OCc2ccccc2)cc1. The molecule has 4 rings (SSSR count). The van der Waals surface area contributed by atoms with Gasteiger partial charge >= 0.3 is 6.09 Å². The minimum atomic E-state index is -0.498. The van der Waals surface area contributed by atoms with Crippen molar-refractivity contribution in [2.45, 2.75) is 25.5 Å². The molecule has 30 heavy (non-hydrogen) atoms. The second-order valence-electron chi connectivity index (χ2n) is 7.13. The van der Waals surface area contributed by atoms with Gasteiger partial charge in [0.05, 0.1) is 23.3 Å². The highest BCUT2D eigenvalue weighted by atomic mass is 79.9. The molecule has 1 atom stereocenters. The van der Waals surface area contributed by atoms with Gasteiger partial charge in [-0.1, -0.05) is 42.5 Å². The summed E-state index contributed by atoms with van der Waals surface area (Å²) in [6, 6.07) is 20.0. The van der Waals surface area contributed by atoms with Crippen LogP contribution in [0.25, 0.3) is 0 Å². The van der Waals surface area contributed by atoms with Crippen molar-refractivity contribution in [2.75, 3.05) is 12.0 Å². The van der Waals surface area contributed by atoms with Crippen LogP contribution < -0.4 is 9.64 Å². The van der Waals surface area contributed by atoms with Crippen molar-refractivity contribution in [1.29, 1.82) is 0 Å². The van der Waals surface area contributed by atoms with Crippen molar-refractivity contribution in [3.63, 3.8) is 0 Å². The van der Waals surface area contributed by atoms with Gasteiger partial charge in [-0.3, -0.25) is 4.90 Å². The van der Waals surface area contributed by atoms with E-state index < -0.39 is 11.9 Å². The normalized spacial score (nSPS) is 15.4. The minimum absolute atomic E-state index is 0.153. The van der Waals surface area contributed by atoms with E-state index in [1.165, 1.54) is 6.07 Å². The van der Waals surface area contributed by atoms with Crippen molar-refractivity contribution >= 4 is 27.7 Å². The molecule has 0 fully saturated rings. The van der Waals surface area contributed by atoms with Crippen molar-refractivity contribution < 1.29 is 18.7 Å². The van der Waals surface area contributed by atoms with E-state index >= 15 is 0 Å². The zero-order valence-corrected chi connectivity index (χ0v) is 18.1. The highest BCUT2D eigenvalue weighted by Gasteiger charge is 2.34. The number of anilines is 1. The van der Waals surface area contributed by atoms with Crippen LogP contribution in [0.1, 0.15) is 29.2 Å². The lowest BCUT2D eigenvalue weighted by molar-refractivity contribution is 0.143. The van der Waals surface area contributed by atoms with E-state index in [4.69, 9.17) is 9.47 Å². The van der Waals surface area contributed by atoms with Gasteiger partial charge in [0.15, 0.2) is 0 Å². The third-order valence-corrected chi connectivity index (χ3v) is 5.89. The maximum absolute atomic E-state index is 14.4. The zero-order chi connectivity index (χ0) is 21.1. The topological polar surface area (TPSA) is 38.8 Å². The van der Waals surface area contributed by atoms with E-state index in [0.29, 0.717) is 16.6 Å². The number of hydrogen-bond donors (Lipinski definition) is 0. The number of halogens is 2. The molecule has 0 aliphatic carbocycles. The fraction of sp³-hybridized carbons (Fsp3) is 0.208. The summed E-state index contributed by atoms with van der Waals surface area (Å²) in [7, 11) is 1.61. The third kappa shape index (κ3) is 4.19. The quantitative estimate of drug-likeness (QED) is 0.441. The van der Waals surface area contributed by atoms with Gasteiger partial charge in [0, 0.05) is 0 Å². The van der Waals surface area contributed by atoms with E-state index in [9.17, 15) is 9.18 Å². The first kappa shape index (κ1) is 20.4. The first-order valence-electron chi connectivity index (χ1n) is 9.68. The number of carbonyl (C=O) groups is 1. The Morgan fingerprint density at radius 3 is 2.57 bits per heavy atom. The molecular formula is C24H21BrFNO3. The molecule has 0 bridgehead atoms. The molecule has 0 saturated heterocycles. The van der Waals surface area contributed by atoms with E-state index in [-0.39, 0.29) is 12.6 Å². The molecule has 1 heterocycles. The summed E-state index contributed by atoms with van der Waals surface area (Å²) in [5, 5.41) is 0. The van der Waals surface area contributed by atoms with Gasteiger partial charge in [0.25, 0.3) is 0 Å². The second-order valence-corrected chi connectivity index (χ2v) is 7.99. The van der Waals surface area contributed by atoms with Crippen LogP contribution in [0.5, 0.6) is 5.75 Å². The Hall–Kier alpha value is -2.86. The largest absolute Gasteiger partial charge is 0.497 e. The number of fused-ring (bicyclic) bond motifs is 1. The molecule has 3 aromatic rings. The average molecular weight is 470 g/mol. The summed E-state index contributed by atoms with van der Waals surface area (Å²) in [5.74, 6) is 0.327. The molecule has 154 valence electrons. The summed E-state index contributed by atoms with van der Waals surface area (Å²) in [4.78, 5) is 14.8. The zero-order valence-electron chi connectivity index (χ0n) is 16.5. The summed E-state index contributed by atoms with van der Waals surface area (Å²) in [6.45, 7) is 0.153. The highest BCUT2D eigenvalue weighted by molar-refractivity contribution is 9.10. The van der Waals surface area contributed by atoms with E-state index in [0.717, 1.165) is 28.9 Å². The molecule has 1 amide bonds. The molecule has 0 spiro atoms. The molecule has 0 aromatic heterocycles. The number of amides is 1. The van der Waals surface area contributed by atoms with Crippen LogP contribution in [0.2, 0.25) is 0 Å². The van der Waals surface area contributed by atoms with Crippen LogP contribution in [-0.4, -0.2) is 13.2 Å². The smallest absolute Gasteiger partial charge is 0.415 e. The van der Waals surface area contributed by atoms with Crippen LogP contribution in [-0.2, 0) is 17.8 Å². The maximum atomic E-state index is 14.4. The number of carbonyl (C=O) groups excluding carboxylic acids is 1. The molecule has 4 nitrogen and oxygen atoms in total. The Balaban J connectivity index is 1.68. The lowest BCUT2D eigenvalue weighted by Crippen LogP contribution is -2.39. The van der Waals surface area contributed by atoms with Gasteiger partial charge in [-0.2, -0.15) is 0 Å². The number of aryl methyl sites for hydroxylation is 1. The number of ether oxygens (including phenoxy) is 2. The molecule has 6 heteroatoms. The first-order chi connectivity index (χ1) is 14.6. The number of methoxy groups -OCH3 is 1. The molecular weight excluding hydrogens is 449 g/mol. The average Bonchev–Trinajstić information content (AvgIpc) is 2.78. The summed E-state index contributed by atoms with van der Waals surface area (Å²) < 4.78 is 25.6. The molecule has 1 unspecified atom stereocenters. The Kier molecular flexibility index (Phi) is 6.04. The van der Waals surface area contributed by atoms with Crippen LogP contribution in [0, 0.1) is 5.82 Å². The Bertz CT molecular complexity index is 1040. The van der Waals surface area contributed by atoms with Crippen molar-refractivity contribution in [3.05, 3.63) is 93.7 Å². The Labute approximate surface area is 183 Å². The molecule has 0 N–H and O–H groups in total. The van der Waals surface area contributed by atoms with Gasteiger partial charge < -0.3 is 9.47 Å². The summed E-state index contributed by atoms with van der Waals surface area (Å²) >= 11 is 3.24. The lowest BCUT2D eigenvalue weighted by Gasteiger charge is -2.37. The van der Waals surface area contributed by atoms with Crippen LogP contribution in [0.3, 0.4) is 0 Å². The predicted molar refractivity (Wildman–Crippen MR) is 117 cm³/mol. The number of rotatable bonds is 4. The summed E-state index contributed by atoms with van der Waals surface area (Å²) in [6.07, 6.45) is 0.938. The minimum Gasteiger partial charge on any atom is -0.497 e. The van der Waals surface area contributed by atoms with Gasteiger partial charge in [-0.25, -0.2) is 9.18 Å². The number of benzene rings is 3. The van der Waals surface area contributed by atoms with E-state index in [2.05, 4.69) is 15.9 Å². The van der Waals surface area contributed by atoms with Crippen LogP contribution in [0.15, 0.2) is 71.2 Å². The second kappa shape index (κ2) is 8.88. The number of hydrogen-bond acceptors (Lipinski definition) is 3. The van der Waals surface area contributed by atoms with Gasteiger partial charge in [-0.05, 0) is 69.7 Å². The monoisotopic (exact) mass is 469 g/mol. The molecule has 0 saturated carbocycles. The first-order valence-corrected chi connectivity index (χ1v) is 10.5. The van der Waals surface area contributed by atoms with Gasteiger partial charge in [-0.15, -0.1) is 0 Å². The van der Waals surface area contributed by atoms with Crippen molar-refractivity contribution in [2.24, 2.45) is 0 Å². The van der Waals surface area contributed by atoms with E-state index in [1.807, 2.05) is 54.6 Å². The third-order valence-electron chi connectivity index (χ3n) is 5.28. The number of nitrogens with zero attached hydrogens (tertiary/aromatic N) is 1. The standard InChI is InChI=1S/C24H21BrFNO3/c1-29-19-10-7-17(8-11-19)22-12-9-18-13-20(25)21(26)14-23(18)27(22)24(28)30-15-16-5-3-2-4-6-16/h2-8,10-11,13-14,22H,9,12,15H2,1H3. The molecule has 1 aliphatic heterocycles. The molecule has 1 aliphatic rings. The van der Waals surface area contributed by atoms with Gasteiger partial charge in [0.2, 0.25) is 0 Å². The van der Waals surface area contributed by atoms with Gasteiger partial charge in [0.1, 0.15) is 18.2 Å². The fourth-order valence-electron chi connectivity index (χ4n) is 3.75. The summed E-state index contributed by atoms with van der Waals surface area (Å²) in [5.41, 5.74) is 3.29. The highest BCUT2D eigenvalue weighted by Crippen LogP contribution is 2.41. The van der Waals surface area contributed by atoms with Crippen LogP contribution >= 0.6 is 15.9 Å². The maximum Gasteiger partial charge on any atom is 0.415 e.